The maximum Gasteiger partial charge on any atom is 0.412 e. The van der Waals surface area contributed by atoms with Crippen LogP contribution in [0, 0.1) is 0 Å². The van der Waals surface area contributed by atoms with E-state index in [-0.39, 0.29) is 0 Å². The predicted molar refractivity (Wildman–Crippen MR) is 107 cm³/mol. The van der Waals surface area contributed by atoms with Crippen LogP contribution < -0.4 is 25.0 Å². The third kappa shape index (κ3) is 2.79. The van der Waals surface area contributed by atoms with Crippen LogP contribution in [0.2, 0.25) is 0 Å². The number of benzene rings is 3. The summed E-state index contributed by atoms with van der Waals surface area (Å²) >= 11 is 0. The molecule has 0 spiro atoms. The summed E-state index contributed by atoms with van der Waals surface area (Å²) in [5, 5.41) is 4.53. The molecule has 3 aromatic carbocycles. The summed E-state index contributed by atoms with van der Waals surface area (Å²) in [5.74, 6) is 1.41. The first-order chi connectivity index (χ1) is 13.6. The molecule has 1 amide bonds. The van der Waals surface area contributed by atoms with Crippen molar-refractivity contribution in [3.63, 3.8) is 0 Å². The number of ether oxygens (including phenoxy) is 4. The largest absolute Gasteiger partial charge is 0.493 e. The van der Waals surface area contributed by atoms with Crippen LogP contribution in [0.15, 0.2) is 42.5 Å². The van der Waals surface area contributed by atoms with Gasteiger partial charge in [0.2, 0.25) is 5.75 Å². The van der Waals surface area contributed by atoms with Crippen molar-refractivity contribution < 1.29 is 23.7 Å². The number of hydrogen-bond acceptors (Lipinski definition) is 5. The van der Waals surface area contributed by atoms with Gasteiger partial charge < -0.3 is 18.9 Å². The summed E-state index contributed by atoms with van der Waals surface area (Å²) in [5.41, 5.74) is 2.72. The number of carbonyl (C=O) groups excluding carboxylic acids is 1. The topological polar surface area (TPSA) is 66.0 Å². The van der Waals surface area contributed by atoms with Gasteiger partial charge in [0.1, 0.15) is 7.85 Å². The minimum atomic E-state index is -0.677. The Hall–Kier alpha value is -3.35. The number of anilines is 1. The van der Waals surface area contributed by atoms with Crippen molar-refractivity contribution in [2.75, 3.05) is 26.6 Å². The van der Waals surface area contributed by atoms with Crippen molar-refractivity contribution >= 4 is 35.9 Å². The van der Waals surface area contributed by atoms with Gasteiger partial charge in [-0.3, -0.25) is 5.32 Å². The number of methoxy groups -OCH3 is 3. The monoisotopic (exact) mass is 375 g/mol. The molecule has 0 aliphatic carbocycles. The van der Waals surface area contributed by atoms with Gasteiger partial charge in [-0.05, 0) is 17.5 Å². The number of cyclic esters (lactones) is 1. The third-order valence-corrected chi connectivity index (χ3v) is 4.83. The van der Waals surface area contributed by atoms with Gasteiger partial charge in [-0.2, -0.15) is 0 Å². The highest BCUT2D eigenvalue weighted by atomic mass is 16.6. The van der Waals surface area contributed by atoms with Crippen molar-refractivity contribution in [3.8, 4) is 17.2 Å². The van der Waals surface area contributed by atoms with Crippen LogP contribution in [-0.4, -0.2) is 35.3 Å². The Balaban J connectivity index is 1.95. The van der Waals surface area contributed by atoms with E-state index in [9.17, 15) is 4.79 Å². The van der Waals surface area contributed by atoms with Crippen LogP contribution >= 0.6 is 0 Å². The Labute approximate surface area is 163 Å². The number of nitrogens with one attached hydrogen (secondary N) is 1. The molecule has 0 saturated heterocycles. The predicted octanol–water partition coefficient (Wildman–Crippen LogP) is 3.31. The maximum atomic E-state index is 12.3. The van der Waals surface area contributed by atoms with E-state index in [4.69, 9.17) is 26.8 Å². The summed E-state index contributed by atoms with van der Waals surface area (Å²) in [4.78, 5) is 12.3. The molecule has 1 N–H and O–H groups in total. The Morgan fingerprint density at radius 1 is 0.964 bits per heavy atom. The van der Waals surface area contributed by atoms with Crippen LogP contribution in [0.5, 0.6) is 17.2 Å². The number of hydrogen-bond donors (Lipinski definition) is 1. The van der Waals surface area contributed by atoms with Crippen LogP contribution in [0.1, 0.15) is 17.2 Å². The zero-order valence-corrected chi connectivity index (χ0v) is 15.7. The lowest BCUT2D eigenvalue weighted by Crippen LogP contribution is -2.27. The SMILES string of the molecule is [B]c1cc2c(c3ccccc13)NC(=O)OC2c1cc(OC)c(OC)c(OC)c1. The van der Waals surface area contributed by atoms with Crippen LogP contribution in [0.4, 0.5) is 10.5 Å². The molecule has 1 aliphatic heterocycles. The van der Waals surface area contributed by atoms with Gasteiger partial charge in [-0.25, -0.2) is 4.79 Å². The lowest BCUT2D eigenvalue weighted by atomic mass is 9.84. The first kappa shape index (κ1) is 18.0. The quantitative estimate of drug-likeness (QED) is 0.709. The Kier molecular flexibility index (Phi) is 4.51. The molecule has 28 heavy (non-hydrogen) atoms. The molecule has 1 unspecified atom stereocenters. The Morgan fingerprint density at radius 3 is 2.21 bits per heavy atom. The van der Waals surface area contributed by atoms with Crippen LogP contribution in [0.3, 0.4) is 0 Å². The van der Waals surface area contributed by atoms with E-state index in [0.717, 1.165) is 16.3 Å². The molecule has 1 atom stereocenters. The van der Waals surface area contributed by atoms with Crippen molar-refractivity contribution in [1.82, 2.24) is 0 Å². The van der Waals surface area contributed by atoms with Crippen molar-refractivity contribution in [2.45, 2.75) is 6.10 Å². The summed E-state index contributed by atoms with van der Waals surface area (Å²) in [6.07, 6.45) is -1.22. The molecule has 0 fully saturated rings. The van der Waals surface area contributed by atoms with Gasteiger partial charge in [0.15, 0.2) is 17.6 Å². The van der Waals surface area contributed by atoms with E-state index >= 15 is 0 Å². The van der Waals surface area contributed by atoms with Gasteiger partial charge in [0, 0.05) is 16.5 Å². The van der Waals surface area contributed by atoms with Crippen molar-refractivity contribution in [1.29, 1.82) is 0 Å². The number of rotatable bonds is 4. The van der Waals surface area contributed by atoms with Gasteiger partial charge in [-0.15, -0.1) is 0 Å². The smallest absolute Gasteiger partial charge is 0.412 e. The summed E-state index contributed by atoms with van der Waals surface area (Å²) in [6.45, 7) is 0. The van der Waals surface area contributed by atoms with E-state index in [1.165, 1.54) is 21.3 Å². The average Bonchev–Trinajstić information content (AvgIpc) is 2.73. The van der Waals surface area contributed by atoms with Gasteiger partial charge in [-0.1, -0.05) is 35.8 Å². The third-order valence-electron chi connectivity index (χ3n) is 4.83. The first-order valence-corrected chi connectivity index (χ1v) is 8.66. The lowest BCUT2D eigenvalue weighted by molar-refractivity contribution is 0.126. The molecular weight excluding hydrogens is 357 g/mol. The minimum Gasteiger partial charge on any atom is -0.493 e. The van der Waals surface area contributed by atoms with Crippen LogP contribution in [-0.2, 0) is 4.74 Å². The molecule has 3 aromatic rings. The average molecular weight is 375 g/mol. The second-order valence-corrected chi connectivity index (χ2v) is 6.34. The van der Waals surface area contributed by atoms with Gasteiger partial charge >= 0.3 is 6.09 Å². The van der Waals surface area contributed by atoms with E-state index in [1.54, 1.807) is 12.1 Å². The minimum absolute atomic E-state index is 0.465. The van der Waals surface area contributed by atoms with E-state index < -0.39 is 12.2 Å². The number of amides is 1. The van der Waals surface area contributed by atoms with Crippen molar-refractivity contribution in [2.24, 2.45) is 0 Å². The molecule has 0 saturated carbocycles. The molecule has 0 bridgehead atoms. The molecule has 4 rings (SSSR count). The summed E-state index contributed by atoms with van der Waals surface area (Å²) < 4.78 is 21.9. The number of fused-ring (bicyclic) bond motifs is 3. The lowest BCUT2D eigenvalue weighted by Gasteiger charge is -2.29. The highest BCUT2D eigenvalue weighted by Gasteiger charge is 2.31. The fraction of sp³-hybridized carbons (Fsp3) is 0.190. The van der Waals surface area contributed by atoms with Gasteiger partial charge in [0.25, 0.3) is 0 Å². The Bertz CT molecular complexity index is 1060. The Morgan fingerprint density at radius 2 is 1.61 bits per heavy atom. The molecule has 0 aromatic heterocycles. The fourth-order valence-corrected chi connectivity index (χ4v) is 3.57. The fourth-order valence-electron chi connectivity index (χ4n) is 3.57. The van der Waals surface area contributed by atoms with E-state index in [1.807, 2.05) is 30.3 Å². The normalized spacial score (nSPS) is 15.4. The summed E-state index contributed by atoms with van der Waals surface area (Å²) in [6, 6.07) is 13.0. The molecule has 1 aliphatic rings. The molecular formula is C21H18BNO5. The highest BCUT2D eigenvalue weighted by molar-refractivity contribution is 6.39. The molecule has 2 radical (unpaired) electrons. The second-order valence-electron chi connectivity index (χ2n) is 6.34. The molecule has 7 heteroatoms. The maximum absolute atomic E-state index is 12.3. The summed E-state index contributed by atoms with van der Waals surface area (Å²) in [7, 11) is 10.9. The van der Waals surface area contributed by atoms with Crippen LogP contribution in [0.25, 0.3) is 10.8 Å². The highest BCUT2D eigenvalue weighted by Crippen LogP contribution is 2.44. The van der Waals surface area contributed by atoms with Crippen molar-refractivity contribution in [3.05, 3.63) is 53.6 Å². The molecule has 1 heterocycles. The second kappa shape index (κ2) is 7.00. The first-order valence-electron chi connectivity index (χ1n) is 8.66. The number of carbonyl (C=O) groups is 1. The van der Waals surface area contributed by atoms with E-state index in [2.05, 4.69) is 5.32 Å². The van der Waals surface area contributed by atoms with E-state index in [0.29, 0.717) is 34.0 Å². The standard InChI is InChI=1S/C21H18BNO5/c1-25-16-8-11(9-17(26-2)20(16)27-3)19-14-10-15(22)12-6-4-5-7-13(12)18(14)23-21(24)28-19/h4-10,19H,1-3H3,(H,23,24). The zero-order chi connectivity index (χ0) is 19.8. The van der Waals surface area contributed by atoms with Gasteiger partial charge in [0.05, 0.1) is 27.0 Å². The molecule has 6 nitrogen and oxygen atoms in total. The molecule has 140 valence electrons. The zero-order valence-electron chi connectivity index (χ0n) is 15.7.